The summed E-state index contributed by atoms with van der Waals surface area (Å²) in [5, 5.41) is 6.95. The van der Waals surface area contributed by atoms with Gasteiger partial charge in [0, 0.05) is 5.56 Å². The van der Waals surface area contributed by atoms with Gasteiger partial charge in [0.1, 0.15) is 17.0 Å². The topological polar surface area (TPSA) is 68.8 Å². The molecule has 2 aromatic rings. The summed E-state index contributed by atoms with van der Waals surface area (Å²) >= 11 is 1.26. The van der Waals surface area contributed by atoms with Gasteiger partial charge < -0.3 is 0 Å². The maximum Gasteiger partial charge on any atom is 0.372 e. The van der Waals surface area contributed by atoms with Crippen LogP contribution in [0.4, 0.5) is 0 Å². The van der Waals surface area contributed by atoms with Gasteiger partial charge in [0.05, 0.1) is 11.2 Å². The van der Waals surface area contributed by atoms with Gasteiger partial charge in [0.2, 0.25) is 10.0 Å². The Morgan fingerprint density at radius 2 is 2.16 bits per heavy atom. The summed E-state index contributed by atoms with van der Waals surface area (Å²) in [7, 11) is 1.47. The van der Waals surface area contributed by atoms with Crippen molar-refractivity contribution in [3.63, 3.8) is 0 Å². The molecule has 0 aliphatic rings. The fourth-order valence-corrected chi connectivity index (χ4v) is 2.39. The van der Waals surface area contributed by atoms with Gasteiger partial charge >= 0.3 is 5.91 Å². The zero-order chi connectivity index (χ0) is 13.8. The second-order valence-corrected chi connectivity index (χ2v) is 4.90. The zero-order valence-corrected chi connectivity index (χ0v) is 11.7. The number of aromatic nitrogens is 1. The number of amides is 1. The predicted molar refractivity (Wildman–Crippen MR) is 74.3 cm³/mol. The summed E-state index contributed by atoms with van der Waals surface area (Å²) in [5.41, 5.74) is 5.45. The van der Waals surface area contributed by atoms with E-state index in [1.54, 1.807) is 5.51 Å². The Labute approximate surface area is 114 Å². The molecule has 0 aliphatic heterocycles. The van der Waals surface area contributed by atoms with Crippen LogP contribution < -0.4 is 4.91 Å². The fourth-order valence-electron chi connectivity index (χ4n) is 1.71. The van der Waals surface area contributed by atoms with Crippen molar-refractivity contribution in [1.29, 1.82) is 0 Å². The van der Waals surface area contributed by atoms with Crippen molar-refractivity contribution in [3.05, 3.63) is 39.7 Å². The van der Waals surface area contributed by atoms with Gasteiger partial charge in [-0.25, -0.2) is 4.98 Å². The smallest absolute Gasteiger partial charge is 0.258 e. The lowest BCUT2D eigenvalue weighted by molar-refractivity contribution is 0.0997. The zero-order valence-electron chi connectivity index (χ0n) is 10.9. The molecule has 0 fully saturated rings. The Hall–Kier alpha value is -2.17. The molecule has 0 atom stereocenters. The highest BCUT2D eigenvalue weighted by molar-refractivity contribution is 7.12. The van der Waals surface area contributed by atoms with Crippen molar-refractivity contribution in [2.45, 2.75) is 13.8 Å². The molecule has 0 N–H and O–H groups in total. The van der Waals surface area contributed by atoms with Gasteiger partial charge in [-0.1, -0.05) is 17.7 Å². The second kappa shape index (κ2) is 5.65. The summed E-state index contributed by atoms with van der Waals surface area (Å²) < 4.78 is 0. The van der Waals surface area contributed by atoms with Gasteiger partial charge in [-0.05, 0) is 25.5 Å². The lowest BCUT2D eigenvalue weighted by Crippen LogP contribution is -1.96. The first-order valence-corrected chi connectivity index (χ1v) is 6.56. The first-order valence-electron chi connectivity index (χ1n) is 5.68. The van der Waals surface area contributed by atoms with Crippen LogP contribution in [0.2, 0.25) is 0 Å². The molecule has 0 radical (unpaired) electrons. The van der Waals surface area contributed by atoms with E-state index in [-0.39, 0.29) is 0 Å². The summed E-state index contributed by atoms with van der Waals surface area (Å²) in [5.74, 6) is -0.413. The van der Waals surface area contributed by atoms with Gasteiger partial charge in [-0.3, -0.25) is 4.79 Å². The third-order valence-corrected chi connectivity index (χ3v) is 3.45. The minimum absolute atomic E-state index is 0.413. The van der Waals surface area contributed by atoms with Crippen LogP contribution in [0.3, 0.4) is 0 Å². The van der Waals surface area contributed by atoms with Crippen molar-refractivity contribution in [3.8, 4) is 11.3 Å². The van der Waals surface area contributed by atoms with E-state index in [2.05, 4.69) is 20.1 Å². The van der Waals surface area contributed by atoms with E-state index in [0.29, 0.717) is 10.6 Å². The van der Waals surface area contributed by atoms with Crippen LogP contribution >= 0.6 is 11.3 Å². The molecule has 1 aromatic carbocycles. The molecule has 1 heterocycles. The molecule has 0 unspecified atom stereocenters. The second-order valence-electron chi connectivity index (χ2n) is 4.04. The van der Waals surface area contributed by atoms with Crippen molar-refractivity contribution in [1.82, 2.24) is 9.90 Å². The minimum Gasteiger partial charge on any atom is -0.258 e. The van der Waals surface area contributed by atoms with Crippen LogP contribution in [0, 0.1) is 13.8 Å². The molecule has 96 valence electrons. The molecule has 6 heteroatoms. The highest BCUT2D eigenvalue weighted by atomic mass is 32.1. The van der Waals surface area contributed by atoms with Crippen molar-refractivity contribution in [2.75, 3.05) is 7.05 Å². The van der Waals surface area contributed by atoms with E-state index in [9.17, 15) is 4.79 Å². The van der Waals surface area contributed by atoms with Crippen LogP contribution in [0.25, 0.3) is 11.3 Å². The molecule has 19 heavy (non-hydrogen) atoms. The molecule has 0 bridgehead atoms. The van der Waals surface area contributed by atoms with Gasteiger partial charge in [-0.15, -0.1) is 11.3 Å². The number of carbonyl (C=O) groups is 1. The highest BCUT2D eigenvalue weighted by Gasteiger charge is 2.20. The third-order valence-electron chi connectivity index (χ3n) is 2.63. The Morgan fingerprint density at radius 3 is 2.89 bits per heavy atom. The van der Waals surface area contributed by atoms with Crippen LogP contribution in [-0.2, 0) is 0 Å². The first-order chi connectivity index (χ1) is 9.13. The van der Waals surface area contributed by atoms with E-state index in [1.807, 2.05) is 32.0 Å². The molecule has 0 saturated carbocycles. The SMILES string of the molecule is CN=[N+]=NC(=O)c1scnc1-c1cc(C)ccc1C. The molecule has 0 aliphatic carbocycles. The Balaban J connectivity index is 2.53. The Kier molecular flexibility index (Phi) is 3.94. The van der Waals surface area contributed by atoms with E-state index in [1.165, 1.54) is 18.4 Å². The van der Waals surface area contributed by atoms with Crippen LogP contribution in [-0.4, -0.2) is 17.9 Å². The summed E-state index contributed by atoms with van der Waals surface area (Å²) in [6, 6.07) is 6.06. The summed E-state index contributed by atoms with van der Waals surface area (Å²) in [6.07, 6.45) is 0. The number of nitrogens with zero attached hydrogens (tertiary/aromatic N) is 4. The third kappa shape index (κ3) is 2.81. The van der Waals surface area contributed by atoms with Crippen molar-refractivity contribution < 1.29 is 4.79 Å². The van der Waals surface area contributed by atoms with Crippen LogP contribution in [0.5, 0.6) is 0 Å². The van der Waals surface area contributed by atoms with E-state index < -0.39 is 5.91 Å². The van der Waals surface area contributed by atoms with E-state index in [0.717, 1.165) is 16.7 Å². The monoisotopic (exact) mass is 273 g/mol. The maximum atomic E-state index is 11.9. The number of carbonyl (C=O) groups excluding carboxylic acids is 1. The van der Waals surface area contributed by atoms with Crippen molar-refractivity contribution in [2.24, 2.45) is 10.2 Å². The van der Waals surface area contributed by atoms with Gasteiger partial charge in [0.15, 0.2) is 0 Å². The summed E-state index contributed by atoms with van der Waals surface area (Å²) in [6.45, 7) is 4.00. The van der Waals surface area contributed by atoms with Gasteiger partial charge in [0.25, 0.3) is 0 Å². The lowest BCUT2D eigenvalue weighted by Gasteiger charge is -2.04. The molecule has 0 saturated heterocycles. The molecular formula is C13H13N4OS+. The molecule has 5 nitrogen and oxygen atoms in total. The molecule has 2 rings (SSSR count). The average Bonchev–Trinajstić information content (AvgIpc) is 2.88. The van der Waals surface area contributed by atoms with Crippen molar-refractivity contribution >= 4 is 17.2 Å². The maximum absolute atomic E-state index is 11.9. The average molecular weight is 273 g/mol. The number of aryl methyl sites for hydroxylation is 2. The van der Waals surface area contributed by atoms with E-state index >= 15 is 0 Å². The highest BCUT2D eigenvalue weighted by Crippen LogP contribution is 2.29. The molecule has 1 aromatic heterocycles. The Bertz CT molecular complexity index is 684. The number of thiazole rings is 1. The normalized spacial score (nSPS) is 9.84. The number of rotatable bonds is 2. The Morgan fingerprint density at radius 1 is 1.37 bits per heavy atom. The standard InChI is InChI=1S/C13H13N4OS/c1-8-4-5-9(2)10(6-8)11-12(19-7-15-11)13(18)16-17-14-3/h4-7H,1-3H3/q+1. The molecule has 0 spiro atoms. The summed E-state index contributed by atoms with van der Waals surface area (Å²) in [4.78, 5) is 20.1. The largest absolute Gasteiger partial charge is 0.372 e. The fraction of sp³-hybridized carbons (Fsp3) is 0.231. The first kappa shape index (κ1) is 13.3. The van der Waals surface area contributed by atoms with Crippen LogP contribution in [0.15, 0.2) is 33.9 Å². The van der Waals surface area contributed by atoms with E-state index in [4.69, 9.17) is 0 Å². The lowest BCUT2D eigenvalue weighted by atomic mass is 10.0. The molecular weight excluding hydrogens is 260 g/mol. The molecule has 1 amide bonds. The number of benzene rings is 1. The minimum atomic E-state index is -0.413. The van der Waals surface area contributed by atoms with Crippen LogP contribution in [0.1, 0.15) is 20.8 Å². The predicted octanol–water partition coefficient (Wildman–Crippen LogP) is 3.17. The number of hydrogen-bond donors (Lipinski definition) is 0. The number of hydrogen-bond acceptors (Lipinski definition) is 4. The van der Waals surface area contributed by atoms with Gasteiger partial charge in [-0.2, -0.15) is 0 Å². The quantitative estimate of drug-likeness (QED) is 0.623.